The number of piperidine rings is 1. The molecule has 1 amide bonds. The highest BCUT2D eigenvalue weighted by atomic mass is 16.5. The molecule has 3 heterocycles. The molecular weight excluding hydrogens is 402 g/mol. The summed E-state index contributed by atoms with van der Waals surface area (Å²) in [5.41, 5.74) is 3.55. The predicted octanol–water partition coefficient (Wildman–Crippen LogP) is 4.04. The molecule has 7 heteroatoms. The normalized spacial score (nSPS) is 15.4. The van der Waals surface area contributed by atoms with E-state index in [1.54, 1.807) is 13.4 Å². The van der Waals surface area contributed by atoms with Crippen LogP contribution in [-0.2, 0) is 6.54 Å². The number of hydrogen-bond acceptors (Lipinski definition) is 5. The molecule has 0 unspecified atom stereocenters. The summed E-state index contributed by atoms with van der Waals surface area (Å²) in [7, 11) is 1.69. The highest BCUT2D eigenvalue weighted by molar-refractivity contribution is 5.98. The monoisotopic (exact) mass is 435 g/mol. The molecule has 0 aliphatic carbocycles. The average molecular weight is 436 g/mol. The minimum absolute atomic E-state index is 0.139. The number of rotatable bonds is 8. The van der Waals surface area contributed by atoms with Crippen molar-refractivity contribution in [2.45, 2.75) is 58.0 Å². The van der Waals surface area contributed by atoms with Crippen molar-refractivity contribution in [3.63, 3.8) is 0 Å². The lowest BCUT2D eigenvalue weighted by Gasteiger charge is -2.32. The number of carbonyl (C=O) groups is 1. The number of fused-ring (bicyclic) bond motifs is 1. The van der Waals surface area contributed by atoms with Gasteiger partial charge in [0, 0.05) is 30.4 Å². The Morgan fingerprint density at radius 3 is 2.50 bits per heavy atom. The zero-order valence-electron chi connectivity index (χ0n) is 19.3. The molecule has 1 aliphatic rings. The van der Waals surface area contributed by atoms with Crippen LogP contribution in [0.3, 0.4) is 0 Å². The van der Waals surface area contributed by atoms with Crippen molar-refractivity contribution in [1.82, 2.24) is 24.6 Å². The summed E-state index contributed by atoms with van der Waals surface area (Å²) in [6.45, 7) is 7.19. The van der Waals surface area contributed by atoms with Gasteiger partial charge in [-0.2, -0.15) is 0 Å². The van der Waals surface area contributed by atoms with Gasteiger partial charge < -0.3 is 10.1 Å². The van der Waals surface area contributed by atoms with Crippen LogP contribution in [-0.4, -0.2) is 51.4 Å². The Kier molecular flexibility index (Phi) is 7.05. The lowest BCUT2D eigenvalue weighted by molar-refractivity contribution is 0.0932. The number of ether oxygens (including phenoxy) is 1. The van der Waals surface area contributed by atoms with E-state index in [0.717, 1.165) is 51.1 Å². The quantitative estimate of drug-likeness (QED) is 0.578. The van der Waals surface area contributed by atoms with Crippen LogP contribution >= 0.6 is 0 Å². The molecule has 0 bridgehead atoms. The Hall–Kier alpha value is -2.93. The summed E-state index contributed by atoms with van der Waals surface area (Å²) in [4.78, 5) is 24.2. The smallest absolute Gasteiger partial charge is 0.274 e. The van der Waals surface area contributed by atoms with Crippen LogP contribution in [0.25, 0.3) is 5.65 Å². The third kappa shape index (κ3) is 4.78. The summed E-state index contributed by atoms with van der Waals surface area (Å²) in [5, 5.41) is 3.08. The number of imidazole rings is 1. The van der Waals surface area contributed by atoms with Crippen molar-refractivity contribution >= 4 is 11.6 Å². The Bertz CT molecular complexity index is 1030. The lowest BCUT2D eigenvalue weighted by Crippen LogP contribution is -2.34. The minimum Gasteiger partial charge on any atom is -0.497 e. The van der Waals surface area contributed by atoms with Crippen molar-refractivity contribution < 1.29 is 9.53 Å². The molecular formula is C25H33N5O2. The van der Waals surface area contributed by atoms with Gasteiger partial charge in [0.1, 0.15) is 12.1 Å². The van der Waals surface area contributed by atoms with Gasteiger partial charge >= 0.3 is 0 Å². The van der Waals surface area contributed by atoms with E-state index in [4.69, 9.17) is 4.74 Å². The molecule has 3 aromatic rings. The molecule has 0 saturated carbocycles. The second kappa shape index (κ2) is 10.1. The number of benzene rings is 1. The van der Waals surface area contributed by atoms with Gasteiger partial charge in [0.05, 0.1) is 7.11 Å². The van der Waals surface area contributed by atoms with E-state index in [9.17, 15) is 4.79 Å². The Balaban J connectivity index is 1.43. The van der Waals surface area contributed by atoms with Crippen LogP contribution in [0.4, 0.5) is 0 Å². The average Bonchev–Trinajstić information content (AvgIpc) is 3.28. The van der Waals surface area contributed by atoms with Gasteiger partial charge in [0.15, 0.2) is 11.3 Å². The molecule has 1 fully saturated rings. The van der Waals surface area contributed by atoms with E-state index in [1.165, 1.54) is 11.3 Å². The van der Waals surface area contributed by atoms with Gasteiger partial charge in [-0.15, -0.1) is 0 Å². The highest BCUT2D eigenvalue weighted by Crippen LogP contribution is 2.29. The molecule has 2 aromatic heterocycles. The van der Waals surface area contributed by atoms with E-state index in [1.807, 2.05) is 22.7 Å². The van der Waals surface area contributed by atoms with E-state index in [2.05, 4.69) is 52.2 Å². The van der Waals surface area contributed by atoms with Gasteiger partial charge in [-0.25, -0.2) is 9.97 Å². The van der Waals surface area contributed by atoms with Crippen molar-refractivity contribution in [3.05, 3.63) is 59.8 Å². The van der Waals surface area contributed by atoms with Gasteiger partial charge in [0.25, 0.3) is 5.91 Å². The summed E-state index contributed by atoms with van der Waals surface area (Å²) >= 11 is 0. The van der Waals surface area contributed by atoms with E-state index in [0.29, 0.717) is 17.3 Å². The van der Waals surface area contributed by atoms with Gasteiger partial charge in [-0.05, 0) is 62.5 Å². The number of carbonyl (C=O) groups excluding carboxylic acids is 1. The first-order chi connectivity index (χ1) is 15.6. The number of likely N-dealkylation sites (tertiary alicyclic amines) is 1. The Morgan fingerprint density at radius 2 is 1.84 bits per heavy atom. The molecule has 170 valence electrons. The summed E-state index contributed by atoms with van der Waals surface area (Å²) in [6.07, 6.45) is 7.52. The third-order valence-electron chi connectivity index (χ3n) is 6.57. The molecule has 4 rings (SSSR count). The molecule has 32 heavy (non-hydrogen) atoms. The first-order valence-electron chi connectivity index (χ1n) is 11.6. The second-order valence-electron chi connectivity index (χ2n) is 8.54. The van der Waals surface area contributed by atoms with Crippen molar-refractivity contribution in [2.75, 3.05) is 20.2 Å². The fourth-order valence-corrected chi connectivity index (χ4v) is 4.53. The van der Waals surface area contributed by atoms with Crippen LogP contribution < -0.4 is 10.1 Å². The predicted molar refractivity (Wildman–Crippen MR) is 125 cm³/mol. The minimum atomic E-state index is -0.139. The first-order valence-corrected chi connectivity index (χ1v) is 11.6. The van der Waals surface area contributed by atoms with Crippen molar-refractivity contribution in [3.8, 4) is 5.75 Å². The zero-order chi connectivity index (χ0) is 22.5. The standard InChI is InChI=1S/C25H33N5O2/c1-4-20(5-2)28-25(31)23-24-26-13-10-22(30(24)17-27-23)19-11-14-29(15-12-19)16-18-6-8-21(32-3)9-7-18/h6-10,13,17,19-20H,4-5,11-12,14-16H2,1-3H3,(H,28,31). The second-order valence-corrected chi connectivity index (χ2v) is 8.54. The van der Waals surface area contributed by atoms with Crippen LogP contribution in [0, 0.1) is 0 Å². The third-order valence-corrected chi connectivity index (χ3v) is 6.57. The fraction of sp³-hybridized carbons (Fsp3) is 0.480. The number of methoxy groups -OCH3 is 1. The van der Waals surface area contributed by atoms with Gasteiger partial charge in [-0.3, -0.25) is 14.1 Å². The SMILES string of the molecule is CCC(CC)NC(=O)c1ncn2c(C3CCN(Cc4ccc(OC)cc4)CC3)ccnc12. The molecule has 0 atom stereocenters. The maximum Gasteiger partial charge on any atom is 0.274 e. The van der Waals surface area contributed by atoms with E-state index < -0.39 is 0 Å². The molecule has 7 nitrogen and oxygen atoms in total. The molecule has 1 aromatic carbocycles. The Morgan fingerprint density at radius 1 is 1.12 bits per heavy atom. The summed E-state index contributed by atoms with van der Waals surface area (Å²) in [5.74, 6) is 1.18. The summed E-state index contributed by atoms with van der Waals surface area (Å²) < 4.78 is 7.26. The number of nitrogens with one attached hydrogen (secondary N) is 1. The summed E-state index contributed by atoms with van der Waals surface area (Å²) in [6, 6.07) is 10.5. The van der Waals surface area contributed by atoms with E-state index >= 15 is 0 Å². The van der Waals surface area contributed by atoms with Gasteiger partial charge in [0.2, 0.25) is 0 Å². The number of nitrogens with zero attached hydrogens (tertiary/aromatic N) is 4. The number of aromatic nitrogens is 3. The lowest BCUT2D eigenvalue weighted by atomic mass is 9.93. The molecule has 1 aliphatic heterocycles. The number of hydrogen-bond donors (Lipinski definition) is 1. The van der Waals surface area contributed by atoms with Crippen LogP contribution in [0.2, 0.25) is 0 Å². The zero-order valence-corrected chi connectivity index (χ0v) is 19.3. The van der Waals surface area contributed by atoms with E-state index in [-0.39, 0.29) is 11.9 Å². The fourth-order valence-electron chi connectivity index (χ4n) is 4.53. The highest BCUT2D eigenvalue weighted by Gasteiger charge is 2.25. The maximum atomic E-state index is 12.8. The maximum absolute atomic E-state index is 12.8. The van der Waals surface area contributed by atoms with Crippen LogP contribution in [0.5, 0.6) is 5.75 Å². The molecule has 0 radical (unpaired) electrons. The van der Waals surface area contributed by atoms with Crippen LogP contribution in [0.1, 0.15) is 67.2 Å². The van der Waals surface area contributed by atoms with Crippen molar-refractivity contribution in [2.24, 2.45) is 0 Å². The molecule has 1 saturated heterocycles. The first kappa shape index (κ1) is 22.3. The van der Waals surface area contributed by atoms with Crippen LogP contribution in [0.15, 0.2) is 42.9 Å². The molecule has 0 spiro atoms. The van der Waals surface area contributed by atoms with Gasteiger partial charge in [-0.1, -0.05) is 26.0 Å². The largest absolute Gasteiger partial charge is 0.497 e. The Labute approximate surface area is 189 Å². The van der Waals surface area contributed by atoms with Crippen molar-refractivity contribution in [1.29, 1.82) is 0 Å². The number of amides is 1. The molecule has 1 N–H and O–H groups in total. The topological polar surface area (TPSA) is 71.8 Å².